The third-order valence-electron chi connectivity index (χ3n) is 3.79. The van der Waals surface area contributed by atoms with Crippen LogP contribution >= 0.6 is 0 Å². The van der Waals surface area contributed by atoms with Gasteiger partial charge in [-0.3, -0.25) is 4.79 Å². The van der Waals surface area contributed by atoms with Crippen molar-refractivity contribution in [1.82, 2.24) is 0 Å². The van der Waals surface area contributed by atoms with Crippen LogP contribution < -0.4 is 19.5 Å². The maximum atomic E-state index is 12.7. The smallest absolute Gasteiger partial charge is 0.255 e. The summed E-state index contributed by atoms with van der Waals surface area (Å²) in [6.45, 7) is 9.18. The fourth-order valence-electron chi connectivity index (χ4n) is 2.55. The Labute approximate surface area is 155 Å². The molecule has 0 heterocycles. The molecule has 140 valence electrons. The summed E-state index contributed by atoms with van der Waals surface area (Å²) in [5.74, 6) is 1.32. The monoisotopic (exact) mass is 357 g/mol. The molecule has 5 heteroatoms. The van der Waals surface area contributed by atoms with Crippen molar-refractivity contribution in [2.24, 2.45) is 0 Å². The normalized spacial score (nSPS) is 10.3. The van der Waals surface area contributed by atoms with Crippen molar-refractivity contribution >= 4 is 11.6 Å². The average Bonchev–Trinajstić information content (AvgIpc) is 2.65. The Balaban J connectivity index is 2.32. The van der Waals surface area contributed by atoms with Crippen LogP contribution in [-0.4, -0.2) is 25.7 Å². The molecule has 0 unspecified atom stereocenters. The van der Waals surface area contributed by atoms with Crippen LogP contribution in [0.4, 0.5) is 5.69 Å². The SMILES string of the molecule is CCOc1cc(C(=O)Nc2ccc(CC)cc2)cc(OCC)c1OCC. The number of rotatable bonds is 9. The summed E-state index contributed by atoms with van der Waals surface area (Å²) in [5, 5.41) is 2.91. The lowest BCUT2D eigenvalue weighted by atomic mass is 10.1. The van der Waals surface area contributed by atoms with Crippen LogP contribution in [-0.2, 0) is 6.42 Å². The van der Waals surface area contributed by atoms with Crippen molar-refractivity contribution < 1.29 is 19.0 Å². The molecule has 1 amide bonds. The number of carbonyl (C=O) groups excluding carboxylic acids is 1. The van der Waals surface area contributed by atoms with Crippen LogP contribution in [0.3, 0.4) is 0 Å². The Kier molecular flexibility index (Phi) is 7.33. The topological polar surface area (TPSA) is 56.8 Å². The van der Waals surface area contributed by atoms with Crippen molar-refractivity contribution in [3.8, 4) is 17.2 Å². The summed E-state index contributed by atoms with van der Waals surface area (Å²) in [5.41, 5.74) is 2.43. The van der Waals surface area contributed by atoms with Crippen molar-refractivity contribution in [2.75, 3.05) is 25.1 Å². The van der Waals surface area contributed by atoms with Gasteiger partial charge in [-0.2, -0.15) is 0 Å². The van der Waals surface area contributed by atoms with Gasteiger partial charge in [-0.15, -0.1) is 0 Å². The third kappa shape index (κ3) is 4.91. The zero-order valence-corrected chi connectivity index (χ0v) is 15.9. The molecule has 0 aromatic heterocycles. The molecule has 0 fully saturated rings. The first kappa shape index (κ1) is 19.6. The second kappa shape index (κ2) is 9.70. The van der Waals surface area contributed by atoms with Gasteiger partial charge in [0, 0.05) is 11.3 Å². The summed E-state index contributed by atoms with van der Waals surface area (Å²) in [6, 6.07) is 11.2. The van der Waals surface area contributed by atoms with E-state index in [0.717, 1.165) is 12.1 Å². The number of anilines is 1. The van der Waals surface area contributed by atoms with E-state index in [4.69, 9.17) is 14.2 Å². The molecule has 1 N–H and O–H groups in total. The Morgan fingerprint density at radius 3 is 1.85 bits per heavy atom. The molecule has 2 aromatic rings. The molecule has 0 saturated carbocycles. The number of nitrogens with one attached hydrogen (secondary N) is 1. The summed E-state index contributed by atoms with van der Waals surface area (Å²) in [7, 11) is 0. The van der Waals surface area contributed by atoms with Crippen LogP contribution in [0.5, 0.6) is 17.2 Å². The zero-order chi connectivity index (χ0) is 18.9. The average molecular weight is 357 g/mol. The lowest BCUT2D eigenvalue weighted by Crippen LogP contribution is -2.13. The second-order valence-corrected chi connectivity index (χ2v) is 5.61. The predicted molar refractivity (Wildman–Crippen MR) is 104 cm³/mol. The van der Waals surface area contributed by atoms with Crippen molar-refractivity contribution in [3.05, 3.63) is 47.5 Å². The molecular formula is C21H27NO4. The Hall–Kier alpha value is -2.69. The molecule has 0 saturated heterocycles. The highest BCUT2D eigenvalue weighted by molar-refractivity contribution is 6.05. The zero-order valence-electron chi connectivity index (χ0n) is 15.9. The largest absolute Gasteiger partial charge is 0.490 e. The van der Waals surface area contributed by atoms with Gasteiger partial charge in [0.2, 0.25) is 5.75 Å². The number of hydrogen-bond acceptors (Lipinski definition) is 4. The molecule has 0 aliphatic rings. The molecule has 0 radical (unpaired) electrons. The third-order valence-corrected chi connectivity index (χ3v) is 3.79. The molecule has 2 aromatic carbocycles. The van der Waals surface area contributed by atoms with Crippen molar-refractivity contribution in [3.63, 3.8) is 0 Å². The lowest BCUT2D eigenvalue weighted by molar-refractivity contribution is 0.102. The highest BCUT2D eigenvalue weighted by Gasteiger charge is 2.18. The first-order chi connectivity index (χ1) is 12.6. The number of aryl methyl sites for hydroxylation is 1. The van der Waals surface area contributed by atoms with Crippen molar-refractivity contribution in [2.45, 2.75) is 34.1 Å². The molecule has 0 aliphatic carbocycles. The molecule has 0 bridgehead atoms. The minimum absolute atomic E-state index is 0.223. The number of amides is 1. The first-order valence-electron chi connectivity index (χ1n) is 9.09. The maximum absolute atomic E-state index is 12.7. The number of ether oxygens (including phenoxy) is 3. The van der Waals surface area contributed by atoms with Gasteiger partial charge in [0.25, 0.3) is 5.91 Å². The van der Waals surface area contributed by atoms with Crippen LogP contribution in [0.2, 0.25) is 0 Å². The van der Waals surface area contributed by atoms with Gasteiger partial charge in [0.15, 0.2) is 11.5 Å². The minimum Gasteiger partial charge on any atom is -0.490 e. The van der Waals surface area contributed by atoms with Crippen LogP contribution in [0, 0.1) is 0 Å². The maximum Gasteiger partial charge on any atom is 0.255 e. The molecular weight excluding hydrogens is 330 g/mol. The summed E-state index contributed by atoms with van der Waals surface area (Å²) in [4.78, 5) is 12.7. The van der Waals surface area contributed by atoms with Gasteiger partial charge in [-0.1, -0.05) is 19.1 Å². The van der Waals surface area contributed by atoms with E-state index in [9.17, 15) is 4.79 Å². The van der Waals surface area contributed by atoms with Crippen LogP contribution in [0.25, 0.3) is 0 Å². The standard InChI is InChI=1S/C21H27NO4/c1-5-15-9-11-17(12-10-15)22-21(23)16-13-18(24-6-2)20(26-8-4)19(14-16)25-7-3/h9-14H,5-8H2,1-4H3,(H,22,23). The predicted octanol–water partition coefficient (Wildman–Crippen LogP) is 4.70. The molecule has 5 nitrogen and oxygen atoms in total. The van der Waals surface area contributed by atoms with E-state index in [1.807, 2.05) is 45.0 Å². The molecule has 0 atom stereocenters. The fraction of sp³-hybridized carbons (Fsp3) is 0.381. The number of benzene rings is 2. The van der Waals surface area contributed by atoms with E-state index in [-0.39, 0.29) is 5.91 Å². The van der Waals surface area contributed by atoms with Gasteiger partial charge in [-0.25, -0.2) is 0 Å². The quantitative estimate of drug-likeness (QED) is 0.707. The molecule has 0 spiro atoms. The molecule has 0 aliphatic heterocycles. The van der Waals surface area contributed by atoms with E-state index < -0.39 is 0 Å². The van der Waals surface area contributed by atoms with Crippen LogP contribution in [0.1, 0.15) is 43.6 Å². The Morgan fingerprint density at radius 1 is 0.846 bits per heavy atom. The van der Waals surface area contributed by atoms with E-state index in [2.05, 4.69) is 12.2 Å². The lowest BCUT2D eigenvalue weighted by Gasteiger charge is -2.17. The van der Waals surface area contributed by atoms with E-state index >= 15 is 0 Å². The van der Waals surface area contributed by atoms with Gasteiger partial charge >= 0.3 is 0 Å². The number of carbonyl (C=O) groups is 1. The number of hydrogen-bond donors (Lipinski definition) is 1. The first-order valence-corrected chi connectivity index (χ1v) is 9.09. The summed E-state index contributed by atoms with van der Waals surface area (Å²) in [6.07, 6.45) is 0.961. The fourth-order valence-corrected chi connectivity index (χ4v) is 2.55. The van der Waals surface area contributed by atoms with Gasteiger partial charge in [0.1, 0.15) is 0 Å². The minimum atomic E-state index is -0.223. The summed E-state index contributed by atoms with van der Waals surface area (Å²) < 4.78 is 17.0. The Bertz CT molecular complexity index is 698. The van der Waals surface area contributed by atoms with Crippen molar-refractivity contribution in [1.29, 1.82) is 0 Å². The van der Waals surface area contributed by atoms with Crippen LogP contribution in [0.15, 0.2) is 36.4 Å². The van der Waals surface area contributed by atoms with Gasteiger partial charge in [0.05, 0.1) is 19.8 Å². The highest BCUT2D eigenvalue weighted by atomic mass is 16.5. The Morgan fingerprint density at radius 2 is 1.38 bits per heavy atom. The molecule has 2 rings (SSSR count). The highest BCUT2D eigenvalue weighted by Crippen LogP contribution is 2.39. The van der Waals surface area contributed by atoms with E-state index in [0.29, 0.717) is 42.6 Å². The van der Waals surface area contributed by atoms with E-state index in [1.54, 1.807) is 12.1 Å². The van der Waals surface area contributed by atoms with Gasteiger partial charge < -0.3 is 19.5 Å². The van der Waals surface area contributed by atoms with Gasteiger partial charge in [-0.05, 0) is 57.0 Å². The molecule has 26 heavy (non-hydrogen) atoms. The van der Waals surface area contributed by atoms with E-state index in [1.165, 1.54) is 5.56 Å². The second-order valence-electron chi connectivity index (χ2n) is 5.61. The summed E-state index contributed by atoms with van der Waals surface area (Å²) >= 11 is 0.